The van der Waals surface area contributed by atoms with Crippen LogP contribution < -0.4 is 14.8 Å². The first-order valence-electron chi connectivity index (χ1n) is 7.53. The fraction of sp³-hybridized carbons (Fsp3) is 0.0625. The average Bonchev–Trinajstić information content (AvgIpc) is 3.00. The fourth-order valence-corrected chi connectivity index (χ4v) is 4.57. The molecule has 12 heteroatoms. The quantitative estimate of drug-likeness (QED) is 0.579. The van der Waals surface area contributed by atoms with Crippen molar-refractivity contribution in [2.75, 3.05) is 17.1 Å². The molecule has 0 atom stereocenters. The van der Waals surface area contributed by atoms with Crippen LogP contribution in [-0.2, 0) is 10.0 Å². The molecule has 2 N–H and O–H groups in total. The van der Waals surface area contributed by atoms with Gasteiger partial charge in [-0.05, 0) is 30.3 Å². The van der Waals surface area contributed by atoms with Crippen LogP contribution >= 0.6 is 34.5 Å². The smallest absolute Gasteiger partial charge is 0.263 e. The first-order valence-corrected chi connectivity index (χ1v) is 10.6. The second kappa shape index (κ2) is 8.31. The normalized spacial score (nSPS) is 11.1. The molecule has 0 spiro atoms. The molecular weight excluding hydrogens is 447 g/mol. The van der Waals surface area contributed by atoms with Gasteiger partial charge in [0.1, 0.15) is 16.5 Å². The molecule has 2 aromatic heterocycles. The summed E-state index contributed by atoms with van der Waals surface area (Å²) in [6, 6.07) is 8.41. The Bertz CT molecular complexity index is 1120. The number of hydrogen-bond acceptors (Lipinski definition) is 7. The zero-order valence-electron chi connectivity index (χ0n) is 14.1. The average molecular weight is 459 g/mol. The maximum absolute atomic E-state index is 12.5. The van der Waals surface area contributed by atoms with Gasteiger partial charge in [-0.1, -0.05) is 23.2 Å². The fourth-order valence-electron chi connectivity index (χ4n) is 2.11. The molecule has 3 aromatic rings. The number of methoxy groups -OCH3 is 1. The van der Waals surface area contributed by atoms with Crippen molar-refractivity contribution in [1.82, 2.24) is 9.97 Å². The van der Waals surface area contributed by atoms with Gasteiger partial charge in [-0.15, -0.1) is 11.3 Å². The summed E-state index contributed by atoms with van der Waals surface area (Å²) in [5.41, 5.74) is 0.638. The van der Waals surface area contributed by atoms with Crippen molar-refractivity contribution in [3.8, 4) is 5.88 Å². The summed E-state index contributed by atoms with van der Waals surface area (Å²) in [6.45, 7) is 0. The van der Waals surface area contributed by atoms with Crippen LogP contribution in [0.2, 0.25) is 8.67 Å². The van der Waals surface area contributed by atoms with Crippen LogP contribution in [0.15, 0.2) is 47.6 Å². The number of carbonyl (C=O) groups is 1. The molecule has 0 saturated carbocycles. The Balaban J connectivity index is 1.74. The SMILES string of the molecule is COc1cc(NS(=O)(=O)c2ccc(NC(=O)c3cc(Cl)sc3Cl)cc2)ncn1. The number of thiophene rings is 1. The summed E-state index contributed by atoms with van der Waals surface area (Å²) < 4.78 is 32.9. The number of carbonyl (C=O) groups excluding carboxylic acids is 1. The number of rotatable bonds is 6. The number of ether oxygens (including phenoxy) is 1. The second-order valence-electron chi connectivity index (χ2n) is 5.27. The summed E-state index contributed by atoms with van der Waals surface area (Å²) in [4.78, 5) is 19.9. The molecule has 0 saturated heterocycles. The third-order valence-corrected chi connectivity index (χ3v) is 6.27. The molecule has 1 aromatic carbocycles. The highest BCUT2D eigenvalue weighted by atomic mass is 35.5. The zero-order valence-corrected chi connectivity index (χ0v) is 17.3. The number of anilines is 2. The lowest BCUT2D eigenvalue weighted by Gasteiger charge is -2.09. The van der Waals surface area contributed by atoms with Gasteiger partial charge in [0.15, 0.2) is 0 Å². The Morgan fingerprint density at radius 3 is 2.46 bits per heavy atom. The third kappa shape index (κ3) is 4.71. The van der Waals surface area contributed by atoms with Crippen molar-refractivity contribution in [1.29, 1.82) is 0 Å². The van der Waals surface area contributed by atoms with Crippen molar-refractivity contribution in [3.05, 3.63) is 57.0 Å². The van der Waals surface area contributed by atoms with Gasteiger partial charge in [0.2, 0.25) is 5.88 Å². The molecule has 0 unspecified atom stereocenters. The highest BCUT2D eigenvalue weighted by Gasteiger charge is 2.17. The van der Waals surface area contributed by atoms with Crippen molar-refractivity contribution in [2.45, 2.75) is 4.90 Å². The minimum absolute atomic E-state index is 0.0142. The topological polar surface area (TPSA) is 110 Å². The first-order chi connectivity index (χ1) is 13.3. The minimum atomic E-state index is -3.88. The van der Waals surface area contributed by atoms with Crippen molar-refractivity contribution >= 4 is 62.0 Å². The lowest BCUT2D eigenvalue weighted by molar-refractivity contribution is 0.102. The molecule has 1 amide bonds. The van der Waals surface area contributed by atoms with Gasteiger partial charge in [-0.2, -0.15) is 0 Å². The summed E-state index contributed by atoms with van der Waals surface area (Å²) in [7, 11) is -2.48. The van der Waals surface area contributed by atoms with Crippen LogP contribution in [0.25, 0.3) is 0 Å². The van der Waals surface area contributed by atoms with E-state index in [0.717, 1.165) is 11.3 Å². The number of nitrogens with one attached hydrogen (secondary N) is 2. The predicted octanol–water partition coefficient (Wildman–Crippen LogP) is 3.91. The second-order valence-corrected chi connectivity index (χ2v) is 9.24. The Labute approximate surface area is 174 Å². The lowest BCUT2D eigenvalue weighted by atomic mass is 10.3. The van der Waals surface area contributed by atoms with Crippen molar-refractivity contribution in [2.24, 2.45) is 0 Å². The first kappa shape index (κ1) is 20.3. The van der Waals surface area contributed by atoms with Crippen LogP contribution in [0.4, 0.5) is 11.5 Å². The number of benzene rings is 1. The molecule has 3 rings (SSSR count). The van der Waals surface area contributed by atoms with Crippen LogP contribution in [0.3, 0.4) is 0 Å². The van der Waals surface area contributed by atoms with E-state index in [9.17, 15) is 13.2 Å². The third-order valence-electron chi connectivity index (χ3n) is 3.41. The van der Waals surface area contributed by atoms with Crippen LogP contribution in [0.1, 0.15) is 10.4 Å². The van der Waals surface area contributed by atoms with E-state index < -0.39 is 15.9 Å². The largest absolute Gasteiger partial charge is 0.481 e. The molecule has 0 aliphatic carbocycles. The number of amides is 1. The van der Waals surface area contributed by atoms with E-state index in [-0.39, 0.29) is 26.5 Å². The Morgan fingerprint density at radius 1 is 1.14 bits per heavy atom. The number of sulfonamides is 1. The van der Waals surface area contributed by atoms with E-state index in [4.69, 9.17) is 27.9 Å². The van der Waals surface area contributed by atoms with Crippen LogP contribution in [-0.4, -0.2) is 31.4 Å². The van der Waals surface area contributed by atoms with Gasteiger partial charge >= 0.3 is 0 Å². The summed E-state index contributed by atoms with van der Waals surface area (Å²) in [6.07, 6.45) is 1.18. The van der Waals surface area contributed by atoms with E-state index in [2.05, 4.69) is 20.0 Å². The lowest BCUT2D eigenvalue weighted by Crippen LogP contribution is -2.15. The molecule has 0 radical (unpaired) electrons. The predicted molar refractivity (Wildman–Crippen MR) is 108 cm³/mol. The molecule has 0 bridgehead atoms. The van der Waals surface area contributed by atoms with Crippen LogP contribution in [0, 0.1) is 0 Å². The molecule has 8 nitrogen and oxygen atoms in total. The van der Waals surface area contributed by atoms with Crippen LogP contribution in [0.5, 0.6) is 5.88 Å². The summed E-state index contributed by atoms with van der Waals surface area (Å²) in [5, 5.41) is 2.63. The van der Waals surface area contributed by atoms with Gasteiger partial charge in [-0.3, -0.25) is 9.52 Å². The molecular formula is C16H12Cl2N4O4S2. The monoisotopic (exact) mass is 458 g/mol. The standard InChI is InChI=1S/C16H12Cl2N4O4S2/c1-26-14-7-13(19-8-20-14)22-28(24,25)10-4-2-9(3-5-10)21-16(23)11-6-12(17)27-15(11)18/h2-8H,1H3,(H,21,23)(H,19,20,22). The van der Waals surface area contributed by atoms with Gasteiger partial charge in [0.25, 0.3) is 15.9 Å². The summed E-state index contributed by atoms with van der Waals surface area (Å²) >= 11 is 12.9. The Hall–Kier alpha value is -2.40. The number of hydrogen-bond donors (Lipinski definition) is 2. The number of halogens is 2. The van der Waals surface area contributed by atoms with E-state index in [0.29, 0.717) is 10.0 Å². The molecule has 0 aliphatic rings. The minimum Gasteiger partial charge on any atom is -0.481 e. The molecule has 0 fully saturated rings. The van der Waals surface area contributed by atoms with Crippen molar-refractivity contribution in [3.63, 3.8) is 0 Å². The molecule has 0 aliphatic heterocycles. The van der Waals surface area contributed by atoms with E-state index in [1.54, 1.807) is 0 Å². The van der Waals surface area contributed by atoms with E-state index in [1.165, 1.54) is 49.8 Å². The van der Waals surface area contributed by atoms with Gasteiger partial charge in [0, 0.05) is 11.8 Å². The maximum Gasteiger partial charge on any atom is 0.263 e. The van der Waals surface area contributed by atoms with Crippen molar-refractivity contribution < 1.29 is 17.9 Å². The zero-order chi connectivity index (χ0) is 20.3. The maximum atomic E-state index is 12.5. The molecule has 28 heavy (non-hydrogen) atoms. The van der Waals surface area contributed by atoms with Gasteiger partial charge < -0.3 is 10.1 Å². The number of aromatic nitrogens is 2. The van der Waals surface area contributed by atoms with E-state index >= 15 is 0 Å². The van der Waals surface area contributed by atoms with E-state index in [1.807, 2.05) is 0 Å². The summed E-state index contributed by atoms with van der Waals surface area (Å²) in [5.74, 6) is -0.166. The molecule has 146 valence electrons. The van der Waals surface area contributed by atoms with Gasteiger partial charge in [0.05, 0.1) is 21.9 Å². The highest BCUT2D eigenvalue weighted by molar-refractivity contribution is 7.92. The highest BCUT2D eigenvalue weighted by Crippen LogP contribution is 2.31. The number of nitrogens with zero attached hydrogens (tertiary/aromatic N) is 2. The molecule has 2 heterocycles. The Morgan fingerprint density at radius 2 is 1.86 bits per heavy atom. The Kier molecular flexibility index (Phi) is 6.04. The van der Waals surface area contributed by atoms with Gasteiger partial charge in [-0.25, -0.2) is 18.4 Å².